The summed E-state index contributed by atoms with van der Waals surface area (Å²) in [5, 5.41) is 4.82. The van der Waals surface area contributed by atoms with Crippen molar-refractivity contribution in [2.45, 2.75) is 19.8 Å². The Morgan fingerprint density at radius 1 is 1.20 bits per heavy atom. The molecule has 126 valence electrons. The molecule has 0 saturated heterocycles. The summed E-state index contributed by atoms with van der Waals surface area (Å²) in [6.45, 7) is 1.49. The van der Waals surface area contributed by atoms with Crippen LogP contribution >= 0.6 is 11.3 Å². The van der Waals surface area contributed by atoms with Gasteiger partial charge in [-0.05, 0) is 48.1 Å². The van der Waals surface area contributed by atoms with Gasteiger partial charge in [0.25, 0.3) is 0 Å². The Kier molecular flexibility index (Phi) is 3.97. The van der Waals surface area contributed by atoms with Gasteiger partial charge >= 0.3 is 0 Å². The lowest BCUT2D eigenvalue weighted by Gasteiger charge is -2.21. The van der Waals surface area contributed by atoms with E-state index in [1.165, 1.54) is 12.5 Å². The maximum atomic E-state index is 11.6. The van der Waals surface area contributed by atoms with Crippen LogP contribution in [0, 0.1) is 0 Å². The summed E-state index contributed by atoms with van der Waals surface area (Å²) in [5.74, 6) is 1.24. The number of nitrogens with zero attached hydrogens (tertiary/aromatic N) is 2. The fourth-order valence-corrected chi connectivity index (χ4v) is 3.80. The van der Waals surface area contributed by atoms with E-state index in [0.717, 1.165) is 40.4 Å². The zero-order chi connectivity index (χ0) is 17.4. The van der Waals surface area contributed by atoms with Crippen molar-refractivity contribution >= 4 is 23.1 Å². The molecule has 25 heavy (non-hydrogen) atoms. The van der Waals surface area contributed by atoms with Crippen molar-refractivity contribution in [1.29, 1.82) is 0 Å². The SMILES string of the molecule is COc1ccc2c(c1)CCc1nc(NC(C)=O)c(-c3cccs3)nc1-2. The molecular weight excluding hydrogens is 334 g/mol. The molecule has 0 fully saturated rings. The first kappa shape index (κ1) is 15.8. The van der Waals surface area contributed by atoms with E-state index in [-0.39, 0.29) is 5.91 Å². The first-order valence-corrected chi connectivity index (χ1v) is 8.93. The second-order valence-corrected chi connectivity index (χ2v) is 6.85. The van der Waals surface area contributed by atoms with Gasteiger partial charge < -0.3 is 10.1 Å². The number of carbonyl (C=O) groups is 1. The standard InChI is InChI=1S/C19H17N3O2S/c1-11(23)20-19-18(16-4-3-9-25-16)22-17-14-7-6-13(24-2)10-12(14)5-8-15(17)21-19/h3-4,6-7,9-10H,5,8H2,1-2H3,(H,20,21,23). The molecule has 0 spiro atoms. The number of fused-ring (bicyclic) bond motifs is 3. The number of aryl methyl sites for hydroxylation is 2. The summed E-state index contributed by atoms with van der Waals surface area (Å²) in [7, 11) is 1.67. The number of ether oxygens (including phenoxy) is 1. The van der Waals surface area contributed by atoms with Gasteiger partial charge in [-0.15, -0.1) is 11.3 Å². The van der Waals surface area contributed by atoms with Gasteiger partial charge in [-0.25, -0.2) is 9.97 Å². The fraction of sp³-hybridized carbons (Fsp3) is 0.211. The van der Waals surface area contributed by atoms with E-state index in [0.29, 0.717) is 11.5 Å². The highest BCUT2D eigenvalue weighted by molar-refractivity contribution is 7.13. The number of amides is 1. The summed E-state index contributed by atoms with van der Waals surface area (Å²) in [4.78, 5) is 22.2. The van der Waals surface area contributed by atoms with Crippen molar-refractivity contribution in [1.82, 2.24) is 9.97 Å². The van der Waals surface area contributed by atoms with Crippen LogP contribution < -0.4 is 10.1 Å². The third-order valence-corrected chi connectivity index (χ3v) is 5.09. The molecule has 2 heterocycles. The van der Waals surface area contributed by atoms with E-state index in [9.17, 15) is 4.79 Å². The average Bonchev–Trinajstić information content (AvgIpc) is 3.14. The number of thiophene rings is 1. The fourth-order valence-electron chi connectivity index (χ4n) is 3.09. The van der Waals surface area contributed by atoms with Gasteiger partial charge in [0.1, 0.15) is 11.4 Å². The summed E-state index contributed by atoms with van der Waals surface area (Å²) >= 11 is 1.58. The highest BCUT2D eigenvalue weighted by Crippen LogP contribution is 2.37. The van der Waals surface area contributed by atoms with Crippen LogP contribution in [0.5, 0.6) is 5.75 Å². The molecule has 5 nitrogen and oxygen atoms in total. The second-order valence-electron chi connectivity index (χ2n) is 5.90. The molecule has 0 unspecified atom stereocenters. The van der Waals surface area contributed by atoms with Gasteiger partial charge in [-0.1, -0.05) is 6.07 Å². The number of nitrogens with one attached hydrogen (secondary N) is 1. The molecule has 0 bridgehead atoms. The average molecular weight is 351 g/mol. The van der Waals surface area contributed by atoms with Crippen molar-refractivity contribution in [2.24, 2.45) is 0 Å². The third-order valence-electron chi connectivity index (χ3n) is 4.22. The van der Waals surface area contributed by atoms with Gasteiger partial charge in [0.15, 0.2) is 5.82 Å². The van der Waals surface area contributed by atoms with E-state index >= 15 is 0 Å². The normalized spacial score (nSPS) is 12.2. The Morgan fingerprint density at radius 2 is 2.08 bits per heavy atom. The lowest BCUT2D eigenvalue weighted by molar-refractivity contribution is -0.114. The topological polar surface area (TPSA) is 64.1 Å². The minimum atomic E-state index is -0.145. The van der Waals surface area contributed by atoms with Crippen LogP contribution in [0.15, 0.2) is 35.7 Å². The number of carbonyl (C=O) groups excluding carboxylic acids is 1. The first-order valence-electron chi connectivity index (χ1n) is 8.05. The maximum Gasteiger partial charge on any atom is 0.222 e. The Bertz CT molecular complexity index is 952. The van der Waals surface area contributed by atoms with Crippen LogP contribution in [0.4, 0.5) is 5.82 Å². The molecule has 0 aliphatic heterocycles. The van der Waals surface area contributed by atoms with Crippen LogP contribution in [0.3, 0.4) is 0 Å². The Labute approximate surface area is 149 Å². The second kappa shape index (κ2) is 6.29. The largest absolute Gasteiger partial charge is 0.497 e. The molecule has 4 rings (SSSR count). The number of hydrogen-bond acceptors (Lipinski definition) is 5. The van der Waals surface area contributed by atoms with Gasteiger partial charge in [0.05, 0.1) is 23.4 Å². The molecule has 0 radical (unpaired) electrons. The number of hydrogen-bond donors (Lipinski definition) is 1. The summed E-state index contributed by atoms with van der Waals surface area (Å²) in [6, 6.07) is 10.0. The lowest BCUT2D eigenvalue weighted by atomic mass is 9.91. The van der Waals surface area contributed by atoms with Gasteiger partial charge in [0.2, 0.25) is 5.91 Å². The molecule has 2 aromatic heterocycles. The van der Waals surface area contributed by atoms with E-state index < -0.39 is 0 Å². The molecule has 1 N–H and O–H groups in total. The molecule has 1 amide bonds. The van der Waals surface area contributed by atoms with Crippen LogP contribution in [0.25, 0.3) is 21.8 Å². The van der Waals surface area contributed by atoms with Crippen molar-refractivity contribution in [2.75, 3.05) is 12.4 Å². The van der Waals surface area contributed by atoms with Crippen molar-refractivity contribution in [3.8, 4) is 27.6 Å². The quantitative estimate of drug-likeness (QED) is 0.776. The van der Waals surface area contributed by atoms with Crippen LogP contribution in [-0.2, 0) is 17.6 Å². The summed E-state index contributed by atoms with van der Waals surface area (Å²) in [5.41, 5.74) is 4.82. The van der Waals surface area contributed by atoms with Crippen molar-refractivity contribution in [3.05, 3.63) is 47.0 Å². The first-order chi connectivity index (χ1) is 12.2. The van der Waals surface area contributed by atoms with Crippen molar-refractivity contribution in [3.63, 3.8) is 0 Å². The van der Waals surface area contributed by atoms with Crippen LogP contribution in [0.2, 0.25) is 0 Å². The smallest absolute Gasteiger partial charge is 0.222 e. The molecule has 0 atom stereocenters. The summed E-state index contributed by atoms with van der Waals surface area (Å²) in [6.07, 6.45) is 1.67. The molecular formula is C19H17N3O2S. The molecule has 1 aliphatic rings. The summed E-state index contributed by atoms with van der Waals surface area (Å²) < 4.78 is 5.33. The van der Waals surface area contributed by atoms with Crippen molar-refractivity contribution < 1.29 is 9.53 Å². The lowest BCUT2D eigenvalue weighted by Crippen LogP contribution is -2.14. The zero-order valence-corrected chi connectivity index (χ0v) is 14.8. The predicted octanol–water partition coefficient (Wildman–Crippen LogP) is 3.94. The van der Waals surface area contributed by atoms with E-state index in [1.807, 2.05) is 29.6 Å². The van der Waals surface area contributed by atoms with Crippen LogP contribution in [-0.4, -0.2) is 23.0 Å². The number of aromatic nitrogens is 2. The Balaban J connectivity index is 1.90. The maximum absolute atomic E-state index is 11.6. The van der Waals surface area contributed by atoms with E-state index in [1.54, 1.807) is 18.4 Å². The minimum absolute atomic E-state index is 0.145. The predicted molar refractivity (Wildman–Crippen MR) is 99.0 cm³/mol. The Hall–Kier alpha value is -2.73. The minimum Gasteiger partial charge on any atom is -0.497 e. The number of benzene rings is 1. The molecule has 3 aromatic rings. The van der Waals surface area contributed by atoms with Gasteiger partial charge in [-0.3, -0.25) is 4.79 Å². The third kappa shape index (κ3) is 2.89. The van der Waals surface area contributed by atoms with Crippen LogP contribution in [0.1, 0.15) is 18.2 Å². The van der Waals surface area contributed by atoms with Gasteiger partial charge in [-0.2, -0.15) is 0 Å². The monoisotopic (exact) mass is 351 g/mol. The number of rotatable bonds is 3. The highest BCUT2D eigenvalue weighted by atomic mass is 32.1. The molecule has 0 saturated carbocycles. The van der Waals surface area contributed by atoms with E-state index in [2.05, 4.69) is 11.4 Å². The number of anilines is 1. The Morgan fingerprint density at radius 3 is 2.80 bits per heavy atom. The molecule has 1 aliphatic carbocycles. The zero-order valence-electron chi connectivity index (χ0n) is 14.0. The molecule has 1 aromatic carbocycles. The van der Waals surface area contributed by atoms with Gasteiger partial charge in [0, 0.05) is 12.5 Å². The highest BCUT2D eigenvalue weighted by Gasteiger charge is 2.23. The molecule has 6 heteroatoms. The van der Waals surface area contributed by atoms with E-state index in [4.69, 9.17) is 14.7 Å². The number of methoxy groups -OCH3 is 1.